The fraction of sp³-hybridized carbons (Fsp3) is 0.185. The van der Waals surface area contributed by atoms with Crippen molar-refractivity contribution in [2.24, 2.45) is 0 Å². The molecule has 168 valence electrons. The topological polar surface area (TPSA) is 68.3 Å². The molecule has 2 atom stereocenters. The van der Waals surface area contributed by atoms with Gasteiger partial charge in [-0.15, -0.1) is 0 Å². The second kappa shape index (κ2) is 10.4. The molecule has 0 aliphatic rings. The van der Waals surface area contributed by atoms with Crippen molar-refractivity contribution in [3.8, 4) is 17.0 Å². The van der Waals surface area contributed by atoms with Gasteiger partial charge in [0.1, 0.15) is 5.75 Å². The molecule has 4 rings (SSSR count). The second-order valence-corrected chi connectivity index (χ2v) is 9.21. The molecule has 0 bridgehead atoms. The lowest BCUT2D eigenvalue weighted by Crippen LogP contribution is -2.31. The molecule has 0 aliphatic carbocycles. The predicted octanol–water partition coefficient (Wildman–Crippen LogP) is 6.02. The molecule has 0 radical (unpaired) electrons. The number of amides is 1. The van der Waals surface area contributed by atoms with Gasteiger partial charge in [-0.05, 0) is 24.1 Å². The number of carbonyl (C=O) groups excluding carboxylic acids is 1. The van der Waals surface area contributed by atoms with Crippen molar-refractivity contribution < 1.29 is 13.7 Å². The van der Waals surface area contributed by atoms with Crippen LogP contribution in [0.5, 0.6) is 5.75 Å². The van der Waals surface area contributed by atoms with Crippen molar-refractivity contribution in [2.45, 2.75) is 25.1 Å². The quantitative estimate of drug-likeness (QED) is 0.368. The van der Waals surface area contributed by atoms with Crippen LogP contribution in [-0.2, 0) is 16.6 Å². The normalized spacial score (nSPS) is 12.8. The predicted molar refractivity (Wildman–Crippen MR) is 134 cm³/mol. The Morgan fingerprint density at radius 1 is 0.970 bits per heavy atom. The molecule has 5 nitrogen and oxygen atoms in total. The van der Waals surface area contributed by atoms with Gasteiger partial charge in [-0.3, -0.25) is 4.21 Å². The van der Waals surface area contributed by atoms with Crippen LogP contribution in [0.3, 0.4) is 0 Å². The second-order valence-electron chi connectivity index (χ2n) is 7.77. The van der Waals surface area contributed by atoms with E-state index in [9.17, 15) is 9.00 Å². The standard InChI is InChI=1S/C27H26N2O3S/c1-3-23(19-12-6-4-7-13-19)29-27(30)32-26-21-16-10-11-17-24(21)28-25(22(26)18-33(2)31)20-14-8-5-9-15-20/h4-17,23H,3,18H2,1-2H3,(H,29,30). The SMILES string of the molecule is CCC(NC(=O)Oc1c(CS(C)=O)c(-c2ccccc2)nc2ccccc12)c1ccccc1. The summed E-state index contributed by atoms with van der Waals surface area (Å²) in [6, 6.07) is 26.8. The molecule has 33 heavy (non-hydrogen) atoms. The van der Waals surface area contributed by atoms with Crippen LogP contribution >= 0.6 is 0 Å². The van der Waals surface area contributed by atoms with Crippen molar-refractivity contribution in [1.29, 1.82) is 0 Å². The molecular formula is C27H26N2O3S. The third kappa shape index (κ3) is 5.29. The van der Waals surface area contributed by atoms with Gasteiger partial charge in [0.2, 0.25) is 0 Å². The van der Waals surface area contributed by atoms with Crippen molar-refractivity contribution >= 4 is 27.8 Å². The van der Waals surface area contributed by atoms with E-state index in [4.69, 9.17) is 9.72 Å². The van der Waals surface area contributed by atoms with Gasteiger partial charge in [0.15, 0.2) is 0 Å². The number of nitrogens with zero attached hydrogens (tertiary/aromatic N) is 1. The molecule has 1 N–H and O–H groups in total. The molecular weight excluding hydrogens is 432 g/mol. The summed E-state index contributed by atoms with van der Waals surface area (Å²) >= 11 is 0. The molecule has 1 heterocycles. The Balaban J connectivity index is 1.78. The average molecular weight is 459 g/mol. The van der Waals surface area contributed by atoms with E-state index < -0.39 is 16.9 Å². The van der Waals surface area contributed by atoms with E-state index in [-0.39, 0.29) is 11.8 Å². The number of ether oxygens (including phenoxy) is 1. The highest BCUT2D eigenvalue weighted by molar-refractivity contribution is 7.83. The largest absolute Gasteiger partial charge is 0.413 e. The molecule has 3 aromatic carbocycles. The lowest BCUT2D eigenvalue weighted by molar-refractivity contribution is 0.196. The molecule has 0 aliphatic heterocycles. The first kappa shape index (κ1) is 22.7. The van der Waals surface area contributed by atoms with Crippen LogP contribution in [0.1, 0.15) is 30.5 Å². The summed E-state index contributed by atoms with van der Waals surface area (Å²) in [7, 11) is -1.16. The Morgan fingerprint density at radius 2 is 1.61 bits per heavy atom. The van der Waals surface area contributed by atoms with Gasteiger partial charge in [0.05, 0.1) is 23.0 Å². The number of carbonyl (C=O) groups is 1. The van der Waals surface area contributed by atoms with E-state index >= 15 is 0 Å². The summed E-state index contributed by atoms with van der Waals surface area (Å²) in [6.07, 6.45) is 1.80. The Labute approximate surface area is 196 Å². The lowest BCUT2D eigenvalue weighted by Gasteiger charge is -2.20. The highest BCUT2D eigenvalue weighted by atomic mass is 32.2. The Kier molecular flexibility index (Phi) is 7.15. The van der Waals surface area contributed by atoms with Crippen LogP contribution in [0.2, 0.25) is 0 Å². The van der Waals surface area contributed by atoms with E-state index in [1.165, 1.54) is 0 Å². The van der Waals surface area contributed by atoms with Gasteiger partial charge < -0.3 is 10.1 Å². The molecule has 0 fully saturated rings. The molecule has 0 saturated carbocycles. The molecule has 1 amide bonds. The Hall–Kier alpha value is -3.51. The minimum absolute atomic E-state index is 0.177. The van der Waals surface area contributed by atoms with Gasteiger partial charge in [-0.25, -0.2) is 9.78 Å². The number of hydrogen-bond acceptors (Lipinski definition) is 4. The molecule has 6 heteroatoms. The summed E-state index contributed by atoms with van der Waals surface area (Å²) < 4.78 is 18.3. The summed E-state index contributed by atoms with van der Waals surface area (Å²) in [6.45, 7) is 2.01. The van der Waals surface area contributed by atoms with Crippen LogP contribution in [0.15, 0.2) is 84.9 Å². The summed E-state index contributed by atoms with van der Waals surface area (Å²) in [5, 5.41) is 3.69. The first-order valence-electron chi connectivity index (χ1n) is 10.9. The fourth-order valence-corrected chi connectivity index (χ4v) is 4.55. The van der Waals surface area contributed by atoms with E-state index in [1.54, 1.807) is 6.26 Å². The average Bonchev–Trinajstić information content (AvgIpc) is 2.84. The van der Waals surface area contributed by atoms with Gasteiger partial charge in [-0.2, -0.15) is 0 Å². The molecule has 2 unspecified atom stereocenters. The molecule has 0 spiro atoms. The number of hydrogen-bond donors (Lipinski definition) is 1. The third-order valence-corrected chi connectivity index (χ3v) is 6.13. The highest BCUT2D eigenvalue weighted by Gasteiger charge is 2.22. The van der Waals surface area contributed by atoms with E-state index in [1.807, 2.05) is 91.9 Å². The van der Waals surface area contributed by atoms with Crippen LogP contribution < -0.4 is 10.1 Å². The monoisotopic (exact) mass is 458 g/mol. The lowest BCUT2D eigenvalue weighted by atomic mass is 10.0. The number of pyridine rings is 1. The zero-order valence-electron chi connectivity index (χ0n) is 18.7. The zero-order valence-corrected chi connectivity index (χ0v) is 19.5. The number of rotatable bonds is 7. The number of nitrogens with one attached hydrogen (secondary N) is 1. The summed E-state index contributed by atoms with van der Waals surface area (Å²) in [4.78, 5) is 17.9. The maximum Gasteiger partial charge on any atom is 0.413 e. The smallest absolute Gasteiger partial charge is 0.409 e. The molecule has 4 aromatic rings. The van der Waals surface area contributed by atoms with Gasteiger partial charge in [0, 0.05) is 33.6 Å². The van der Waals surface area contributed by atoms with Gasteiger partial charge in [-0.1, -0.05) is 79.7 Å². The molecule has 1 aromatic heterocycles. The number of benzene rings is 3. The highest BCUT2D eigenvalue weighted by Crippen LogP contribution is 2.36. The van der Waals surface area contributed by atoms with Crippen LogP contribution in [-0.4, -0.2) is 21.5 Å². The Morgan fingerprint density at radius 3 is 2.27 bits per heavy atom. The van der Waals surface area contributed by atoms with Crippen molar-refractivity contribution in [2.75, 3.05) is 6.26 Å². The maximum atomic E-state index is 13.1. The number of para-hydroxylation sites is 1. The van der Waals surface area contributed by atoms with E-state index in [0.29, 0.717) is 27.9 Å². The fourth-order valence-electron chi connectivity index (χ4n) is 3.88. The van der Waals surface area contributed by atoms with Crippen LogP contribution in [0, 0.1) is 0 Å². The minimum atomic E-state index is -1.16. The first-order valence-corrected chi connectivity index (χ1v) is 12.6. The van der Waals surface area contributed by atoms with Crippen LogP contribution in [0.25, 0.3) is 22.2 Å². The van der Waals surface area contributed by atoms with E-state index in [0.717, 1.165) is 17.5 Å². The summed E-state index contributed by atoms with van der Waals surface area (Å²) in [5.74, 6) is 0.621. The number of aromatic nitrogens is 1. The summed E-state index contributed by atoms with van der Waals surface area (Å²) in [5.41, 5.74) is 3.92. The van der Waals surface area contributed by atoms with Gasteiger partial charge >= 0.3 is 6.09 Å². The van der Waals surface area contributed by atoms with Crippen LogP contribution in [0.4, 0.5) is 4.79 Å². The first-order chi connectivity index (χ1) is 16.1. The van der Waals surface area contributed by atoms with Crippen molar-refractivity contribution in [1.82, 2.24) is 10.3 Å². The van der Waals surface area contributed by atoms with E-state index in [2.05, 4.69) is 5.32 Å². The van der Waals surface area contributed by atoms with Crippen molar-refractivity contribution in [3.63, 3.8) is 0 Å². The third-order valence-electron chi connectivity index (χ3n) is 5.43. The minimum Gasteiger partial charge on any atom is -0.409 e. The number of fused-ring (bicyclic) bond motifs is 1. The molecule has 0 saturated heterocycles. The Bertz CT molecular complexity index is 1280. The van der Waals surface area contributed by atoms with Gasteiger partial charge in [0.25, 0.3) is 0 Å². The maximum absolute atomic E-state index is 13.1. The van der Waals surface area contributed by atoms with Crippen molar-refractivity contribution in [3.05, 3.63) is 96.1 Å². The zero-order chi connectivity index (χ0) is 23.2.